The summed E-state index contributed by atoms with van der Waals surface area (Å²) >= 11 is 0. The molecule has 0 radical (unpaired) electrons. The predicted octanol–water partition coefficient (Wildman–Crippen LogP) is 15.2. The lowest BCUT2D eigenvalue weighted by molar-refractivity contribution is -0.154. The van der Waals surface area contributed by atoms with Crippen molar-refractivity contribution in [2.45, 2.75) is 225 Å². The molecule has 308 valence electrons. The Hall–Kier alpha value is -1.91. The Balaban J connectivity index is 3.44. The van der Waals surface area contributed by atoms with Gasteiger partial charge in [-0.25, -0.2) is 0 Å². The van der Waals surface area contributed by atoms with Crippen LogP contribution >= 0.6 is 0 Å². The molecule has 4 heteroatoms. The van der Waals surface area contributed by atoms with E-state index in [1.807, 2.05) is 0 Å². The number of carbonyl (C=O) groups excluding carboxylic acids is 1. The first kappa shape index (κ1) is 51.1. The third-order valence-corrected chi connectivity index (χ3v) is 9.83. The molecule has 0 fully saturated rings. The Labute approximate surface area is 330 Å². The first-order valence-corrected chi connectivity index (χ1v) is 22.9. The Morgan fingerprint density at radius 3 is 1.30 bits per heavy atom. The van der Waals surface area contributed by atoms with Crippen LogP contribution in [0.4, 0.5) is 0 Å². The van der Waals surface area contributed by atoms with Crippen LogP contribution in [0, 0.1) is 0 Å². The average Bonchev–Trinajstić information content (AvgIpc) is 3.16. The molecule has 0 bridgehead atoms. The SMILES string of the molecule is CC/C=C\C/C=C\C/C=C\C/C=C\CCCCCCCCCCC(=O)OC(CO)COCCCCCCCCCCCC/C=C\CCCCCCCC. The van der Waals surface area contributed by atoms with Crippen LogP contribution in [-0.2, 0) is 14.3 Å². The lowest BCUT2D eigenvalue weighted by Crippen LogP contribution is -2.27. The fraction of sp³-hybridized carbons (Fsp3) is 0.776. The van der Waals surface area contributed by atoms with Crippen LogP contribution in [0.1, 0.15) is 219 Å². The Morgan fingerprint density at radius 2 is 0.849 bits per heavy atom. The van der Waals surface area contributed by atoms with E-state index >= 15 is 0 Å². The van der Waals surface area contributed by atoms with Gasteiger partial charge in [-0.2, -0.15) is 0 Å². The van der Waals surface area contributed by atoms with Gasteiger partial charge in [0.25, 0.3) is 0 Å². The summed E-state index contributed by atoms with van der Waals surface area (Å²) in [6.45, 7) is 5.23. The summed E-state index contributed by atoms with van der Waals surface area (Å²) < 4.78 is 11.2. The van der Waals surface area contributed by atoms with Crippen LogP contribution in [0.25, 0.3) is 0 Å². The normalized spacial score (nSPS) is 12.9. The molecule has 0 aromatic rings. The number of allylic oxidation sites excluding steroid dienone is 10. The van der Waals surface area contributed by atoms with Crippen molar-refractivity contribution in [1.82, 2.24) is 0 Å². The topological polar surface area (TPSA) is 55.8 Å². The molecule has 0 rings (SSSR count). The monoisotopic (exact) mass is 741 g/mol. The standard InChI is InChI=1S/C49H88O4/c1-3-5-7-9-11-13-15-17-19-21-23-25-26-28-30-32-34-36-38-40-42-44-49(51)53-48(46-50)47-52-45-43-41-39-37-35-33-31-29-27-24-22-20-18-16-14-12-10-8-6-4-2/h5,7,11,13,17-20,23,25,48,50H,3-4,6,8-10,12,14-16,21-22,24,26-47H2,1-2H3/b7-5-,13-11-,19-17-,20-18-,25-23-. The van der Waals surface area contributed by atoms with Gasteiger partial charge in [0.2, 0.25) is 0 Å². The molecule has 53 heavy (non-hydrogen) atoms. The smallest absolute Gasteiger partial charge is 0.306 e. The number of carbonyl (C=O) groups is 1. The van der Waals surface area contributed by atoms with Gasteiger partial charge in [-0.05, 0) is 77.0 Å². The largest absolute Gasteiger partial charge is 0.457 e. The molecule has 0 aliphatic heterocycles. The zero-order valence-corrected chi connectivity index (χ0v) is 35.3. The number of aliphatic hydroxyl groups excluding tert-OH is 1. The number of ether oxygens (including phenoxy) is 2. The van der Waals surface area contributed by atoms with E-state index in [0.29, 0.717) is 19.6 Å². The van der Waals surface area contributed by atoms with Crippen molar-refractivity contribution >= 4 is 5.97 Å². The maximum atomic E-state index is 12.2. The molecule has 0 amide bonds. The van der Waals surface area contributed by atoms with Crippen LogP contribution in [0.5, 0.6) is 0 Å². The highest BCUT2D eigenvalue weighted by Crippen LogP contribution is 2.14. The summed E-state index contributed by atoms with van der Waals surface area (Å²) in [4.78, 5) is 12.2. The zero-order valence-electron chi connectivity index (χ0n) is 35.3. The molecule has 1 atom stereocenters. The number of aliphatic hydroxyl groups is 1. The first-order chi connectivity index (χ1) is 26.2. The lowest BCUT2D eigenvalue weighted by atomic mass is 10.1. The predicted molar refractivity (Wildman–Crippen MR) is 233 cm³/mol. The van der Waals surface area contributed by atoms with Gasteiger partial charge >= 0.3 is 5.97 Å². The van der Waals surface area contributed by atoms with Crippen molar-refractivity contribution in [3.8, 4) is 0 Å². The van der Waals surface area contributed by atoms with Gasteiger partial charge in [-0.3, -0.25) is 4.79 Å². The highest BCUT2D eigenvalue weighted by Gasteiger charge is 2.13. The highest BCUT2D eigenvalue weighted by molar-refractivity contribution is 5.69. The molecule has 0 aromatic heterocycles. The van der Waals surface area contributed by atoms with Gasteiger partial charge in [0.1, 0.15) is 6.10 Å². The van der Waals surface area contributed by atoms with Crippen LogP contribution in [0.2, 0.25) is 0 Å². The maximum absolute atomic E-state index is 12.2. The summed E-state index contributed by atoms with van der Waals surface area (Å²) in [5.74, 6) is -0.209. The summed E-state index contributed by atoms with van der Waals surface area (Å²) in [7, 11) is 0. The zero-order chi connectivity index (χ0) is 38.4. The molecule has 4 nitrogen and oxygen atoms in total. The molecule has 0 saturated heterocycles. The average molecular weight is 741 g/mol. The van der Waals surface area contributed by atoms with Gasteiger partial charge in [0.05, 0.1) is 13.2 Å². The minimum absolute atomic E-state index is 0.177. The van der Waals surface area contributed by atoms with Gasteiger partial charge in [-0.15, -0.1) is 0 Å². The van der Waals surface area contributed by atoms with E-state index in [1.165, 1.54) is 154 Å². The quantitative estimate of drug-likeness (QED) is 0.0385. The fourth-order valence-electron chi connectivity index (χ4n) is 6.43. The Bertz CT molecular complexity index is 870. The summed E-state index contributed by atoms with van der Waals surface area (Å²) in [5, 5.41) is 9.62. The van der Waals surface area contributed by atoms with Crippen molar-refractivity contribution in [2.24, 2.45) is 0 Å². The maximum Gasteiger partial charge on any atom is 0.306 e. The number of rotatable bonds is 42. The third kappa shape index (κ3) is 44.4. The van der Waals surface area contributed by atoms with E-state index in [1.54, 1.807) is 0 Å². The number of unbranched alkanes of at least 4 members (excludes halogenated alkanes) is 24. The molecule has 0 spiro atoms. The van der Waals surface area contributed by atoms with Crippen molar-refractivity contribution in [3.63, 3.8) is 0 Å². The van der Waals surface area contributed by atoms with Crippen molar-refractivity contribution in [1.29, 1.82) is 0 Å². The molecule has 0 saturated carbocycles. The van der Waals surface area contributed by atoms with Crippen LogP contribution in [0.15, 0.2) is 60.8 Å². The van der Waals surface area contributed by atoms with E-state index in [0.717, 1.165) is 44.9 Å². The second-order valence-corrected chi connectivity index (χ2v) is 15.1. The molecule has 0 aromatic carbocycles. The van der Waals surface area contributed by atoms with Crippen molar-refractivity contribution < 1.29 is 19.4 Å². The number of hydrogen-bond acceptors (Lipinski definition) is 4. The highest BCUT2D eigenvalue weighted by atomic mass is 16.6. The van der Waals surface area contributed by atoms with Crippen LogP contribution < -0.4 is 0 Å². The van der Waals surface area contributed by atoms with Gasteiger partial charge in [0, 0.05) is 13.0 Å². The van der Waals surface area contributed by atoms with Crippen LogP contribution in [-0.4, -0.2) is 37.0 Å². The van der Waals surface area contributed by atoms with Crippen molar-refractivity contribution in [2.75, 3.05) is 19.8 Å². The van der Waals surface area contributed by atoms with Crippen LogP contribution in [0.3, 0.4) is 0 Å². The molecular weight excluding hydrogens is 653 g/mol. The van der Waals surface area contributed by atoms with Gasteiger partial charge < -0.3 is 14.6 Å². The van der Waals surface area contributed by atoms with E-state index in [-0.39, 0.29) is 12.6 Å². The molecule has 0 heterocycles. The minimum atomic E-state index is -0.541. The van der Waals surface area contributed by atoms with E-state index in [2.05, 4.69) is 74.6 Å². The second-order valence-electron chi connectivity index (χ2n) is 15.1. The molecule has 1 unspecified atom stereocenters. The van der Waals surface area contributed by atoms with E-state index in [4.69, 9.17) is 9.47 Å². The molecule has 0 aliphatic carbocycles. The number of hydrogen-bond donors (Lipinski definition) is 1. The minimum Gasteiger partial charge on any atom is -0.457 e. The van der Waals surface area contributed by atoms with E-state index in [9.17, 15) is 9.90 Å². The summed E-state index contributed by atoms with van der Waals surface area (Å²) in [6.07, 6.45) is 61.4. The number of esters is 1. The molecule has 1 N–H and O–H groups in total. The summed E-state index contributed by atoms with van der Waals surface area (Å²) in [5.41, 5.74) is 0. The Kier molecular flexibility index (Phi) is 44.6. The van der Waals surface area contributed by atoms with Crippen molar-refractivity contribution in [3.05, 3.63) is 60.8 Å². The Morgan fingerprint density at radius 1 is 0.472 bits per heavy atom. The molecular formula is C49H88O4. The third-order valence-electron chi connectivity index (χ3n) is 9.83. The van der Waals surface area contributed by atoms with E-state index < -0.39 is 6.10 Å². The summed E-state index contributed by atoms with van der Waals surface area (Å²) in [6, 6.07) is 0. The first-order valence-electron chi connectivity index (χ1n) is 22.9. The lowest BCUT2D eigenvalue weighted by Gasteiger charge is -2.16. The van der Waals surface area contributed by atoms with Gasteiger partial charge in [-0.1, -0.05) is 197 Å². The van der Waals surface area contributed by atoms with Gasteiger partial charge in [0.15, 0.2) is 0 Å². The molecule has 0 aliphatic rings. The fourth-order valence-corrected chi connectivity index (χ4v) is 6.43. The second kappa shape index (κ2) is 46.2.